The molecular weight excluding hydrogens is 352 g/mol. The van der Waals surface area contributed by atoms with Crippen molar-refractivity contribution in [2.24, 2.45) is 11.8 Å². The zero-order valence-corrected chi connectivity index (χ0v) is 15.5. The van der Waals surface area contributed by atoms with Gasteiger partial charge in [0, 0.05) is 6.42 Å². The second-order valence-electron chi connectivity index (χ2n) is 8.79. The second-order valence-corrected chi connectivity index (χ2v) is 8.79. The molecule has 2 aliphatic heterocycles. The Bertz CT molecular complexity index is 593. The molecule has 0 aromatic heterocycles. The van der Waals surface area contributed by atoms with Crippen LogP contribution in [0, 0.1) is 11.8 Å². The number of epoxide rings is 2. The van der Waals surface area contributed by atoms with E-state index in [1.165, 1.54) is 0 Å². The Morgan fingerprint density at radius 1 is 0.667 bits per heavy atom. The van der Waals surface area contributed by atoms with E-state index in [1.807, 2.05) is 0 Å². The van der Waals surface area contributed by atoms with Crippen molar-refractivity contribution in [3.8, 4) is 0 Å². The van der Waals surface area contributed by atoms with Crippen LogP contribution in [0.5, 0.6) is 0 Å². The van der Waals surface area contributed by atoms with E-state index in [2.05, 4.69) is 0 Å². The molecule has 3 saturated carbocycles. The summed E-state index contributed by atoms with van der Waals surface area (Å²) in [5.74, 6) is -0.546. The topological polar surface area (TPSA) is 86.9 Å². The molecule has 5 rings (SSSR count). The first kappa shape index (κ1) is 17.9. The van der Waals surface area contributed by atoms with E-state index in [1.54, 1.807) is 0 Å². The van der Waals surface area contributed by atoms with E-state index in [0.717, 1.165) is 57.8 Å². The van der Waals surface area contributed by atoms with Crippen molar-refractivity contribution in [3.05, 3.63) is 0 Å². The van der Waals surface area contributed by atoms with Crippen LogP contribution in [-0.2, 0) is 33.6 Å². The Kier molecular flexibility index (Phi) is 4.86. The number of fused-ring (bicyclic) bond motifs is 2. The summed E-state index contributed by atoms with van der Waals surface area (Å²) >= 11 is 0. The highest BCUT2D eigenvalue weighted by Gasteiger charge is 2.47. The molecule has 0 aromatic rings. The predicted octanol–water partition coefficient (Wildman–Crippen LogP) is 2.45. The lowest BCUT2D eigenvalue weighted by molar-refractivity contribution is -0.309. The van der Waals surface area contributed by atoms with Crippen LogP contribution >= 0.6 is 0 Å². The molecule has 5 aliphatic rings. The number of carbonyl (C=O) groups is 2. The Morgan fingerprint density at radius 3 is 1.96 bits per heavy atom. The Balaban J connectivity index is 1.04. The molecule has 8 unspecified atom stereocenters. The van der Waals surface area contributed by atoms with Gasteiger partial charge in [0.1, 0.15) is 12.2 Å². The average Bonchev–Trinajstić information content (AvgIpc) is 3.59. The summed E-state index contributed by atoms with van der Waals surface area (Å²) in [4.78, 5) is 35.2. The third kappa shape index (κ3) is 4.15. The summed E-state index contributed by atoms with van der Waals surface area (Å²) in [5.41, 5.74) is 0. The summed E-state index contributed by atoms with van der Waals surface area (Å²) in [6.45, 7) is 0. The molecule has 7 heteroatoms. The molecule has 2 saturated heterocycles. The molecule has 150 valence electrons. The van der Waals surface area contributed by atoms with Gasteiger partial charge in [0.05, 0.1) is 36.3 Å². The van der Waals surface area contributed by atoms with E-state index in [4.69, 9.17) is 24.0 Å². The standard InChI is InChI=1S/C20H28O7/c21-19(11-4-6-15-17(8-11)24-15)23-13-2-1-3-14(10-13)26-27-20(22)12-5-7-16-18(9-12)25-16/h11-18H,1-10H2. The van der Waals surface area contributed by atoms with Crippen molar-refractivity contribution in [1.82, 2.24) is 0 Å². The maximum atomic E-state index is 12.4. The fourth-order valence-electron chi connectivity index (χ4n) is 4.98. The summed E-state index contributed by atoms with van der Waals surface area (Å²) in [6.07, 6.45) is 9.17. The molecule has 0 spiro atoms. The minimum Gasteiger partial charge on any atom is -0.462 e. The molecule has 5 fully saturated rings. The van der Waals surface area contributed by atoms with Gasteiger partial charge in [0.15, 0.2) is 0 Å². The van der Waals surface area contributed by atoms with Crippen LogP contribution in [0.25, 0.3) is 0 Å². The zero-order valence-electron chi connectivity index (χ0n) is 15.5. The van der Waals surface area contributed by atoms with E-state index < -0.39 is 0 Å². The van der Waals surface area contributed by atoms with Gasteiger partial charge in [-0.05, 0) is 57.8 Å². The highest BCUT2D eigenvalue weighted by Crippen LogP contribution is 2.41. The maximum Gasteiger partial charge on any atom is 0.345 e. The van der Waals surface area contributed by atoms with Gasteiger partial charge in [-0.15, -0.1) is 0 Å². The molecule has 7 nitrogen and oxygen atoms in total. The largest absolute Gasteiger partial charge is 0.462 e. The molecular formula is C20H28O7. The van der Waals surface area contributed by atoms with Crippen molar-refractivity contribution >= 4 is 11.9 Å². The normalized spacial score (nSPS) is 45.2. The lowest BCUT2D eigenvalue weighted by Gasteiger charge is -2.29. The van der Waals surface area contributed by atoms with Gasteiger partial charge in [0.2, 0.25) is 0 Å². The molecule has 27 heavy (non-hydrogen) atoms. The zero-order chi connectivity index (χ0) is 18.4. The number of rotatable bonds is 5. The van der Waals surface area contributed by atoms with Crippen LogP contribution in [0.2, 0.25) is 0 Å². The third-order valence-corrected chi connectivity index (χ3v) is 6.80. The van der Waals surface area contributed by atoms with Gasteiger partial charge >= 0.3 is 11.9 Å². The number of hydrogen-bond acceptors (Lipinski definition) is 7. The molecule has 3 aliphatic carbocycles. The quantitative estimate of drug-likeness (QED) is 0.313. The van der Waals surface area contributed by atoms with Crippen molar-refractivity contribution in [2.75, 3.05) is 0 Å². The van der Waals surface area contributed by atoms with Crippen LogP contribution < -0.4 is 0 Å². The molecule has 8 atom stereocenters. The van der Waals surface area contributed by atoms with E-state index >= 15 is 0 Å². The second kappa shape index (κ2) is 7.33. The predicted molar refractivity (Wildman–Crippen MR) is 91.3 cm³/mol. The maximum absolute atomic E-state index is 12.4. The van der Waals surface area contributed by atoms with Gasteiger partial charge in [-0.2, -0.15) is 4.89 Å². The Morgan fingerprint density at radius 2 is 1.30 bits per heavy atom. The number of hydrogen-bond donors (Lipinski definition) is 0. The minimum absolute atomic E-state index is 0.0346. The first-order valence-corrected chi connectivity index (χ1v) is 10.5. The first-order chi connectivity index (χ1) is 13.2. The Hall–Kier alpha value is -1.18. The number of esters is 1. The van der Waals surface area contributed by atoms with Crippen LogP contribution in [0.3, 0.4) is 0 Å². The summed E-state index contributed by atoms with van der Waals surface area (Å²) in [5, 5.41) is 0. The molecule has 2 heterocycles. The van der Waals surface area contributed by atoms with E-state index in [-0.39, 0.29) is 48.2 Å². The molecule has 0 radical (unpaired) electrons. The van der Waals surface area contributed by atoms with Gasteiger partial charge in [-0.3, -0.25) is 9.68 Å². The molecule has 0 bridgehead atoms. The lowest BCUT2D eigenvalue weighted by Crippen LogP contribution is -2.34. The molecule has 0 aromatic carbocycles. The van der Waals surface area contributed by atoms with Gasteiger partial charge < -0.3 is 14.2 Å². The van der Waals surface area contributed by atoms with Crippen molar-refractivity contribution in [1.29, 1.82) is 0 Å². The highest BCUT2D eigenvalue weighted by atomic mass is 17.2. The summed E-state index contributed by atoms with van der Waals surface area (Å²) < 4.78 is 16.7. The van der Waals surface area contributed by atoms with Crippen molar-refractivity contribution in [2.45, 2.75) is 101 Å². The monoisotopic (exact) mass is 380 g/mol. The summed E-state index contributed by atoms with van der Waals surface area (Å²) in [6, 6.07) is 0. The SMILES string of the molecule is O=C(OOC1CCCC(OC(=O)C2CCC3OC3C2)C1)C1CCC2OC2C1. The van der Waals surface area contributed by atoms with Crippen molar-refractivity contribution in [3.63, 3.8) is 0 Å². The first-order valence-electron chi connectivity index (χ1n) is 10.5. The van der Waals surface area contributed by atoms with Gasteiger partial charge in [-0.1, -0.05) is 0 Å². The lowest BCUT2D eigenvalue weighted by atomic mass is 9.89. The van der Waals surface area contributed by atoms with Gasteiger partial charge in [-0.25, -0.2) is 4.79 Å². The van der Waals surface area contributed by atoms with Crippen LogP contribution in [0.4, 0.5) is 0 Å². The fraction of sp³-hybridized carbons (Fsp3) is 0.900. The van der Waals surface area contributed by atoms with Crippen molar-refractivity contribution < 1.29 is 33.6 Å². The van der Waals surface area contributed by atoms with Crippen LogP contribution in [0.15, 0.2) is 0 Å². The molecule has 0 amide bonds. The molecule has 0 N–H and O–H groups in total. The van der Waals surface area contributed by atoms with Crippen LogP contribution in [0.1, 0.15) is 64.2 Å². The van der Waals surface area contributed by atoms with Gasteiger partial charge in [0.25, 0.3) is 0 Å². The Labute approximate surface area is 158 Å². The number of carbonyl (C=O) groups excluding carboxylic acids is 2. The summed E-state index contributed by atoms with van der Waals surface area (Å²) in [7, 11) is 0. The third-order valence-electron chi connectivity index (χ3n) is 6.80. The average molecular weight is 380 g/mol. The van der Waals surface area contributed by atoms with E-state index in [0.29, 0.717) is 18.6 Å². The smallest absolute Gasteiger partial charge is 0.345 e. The minimum atomic E-state index is -0.288. The van der Waals surface area contributed by atoms with E-state index in [9.17, 15) is 9.59 Å². The fourth-order valence-corrected chi connectivity index (χ4v) is 4.98. The highest BCUT2D eigenvalue weighted by molar-refractivity contribution is 5.73. The number of ether oxygens (including phenoxy) is 3. The van der Waals surface area contributed by atoms with Crippen LogP contribution in [-0.4, -0.2) is 48.6 Å².